The Morgan fingerprint density at radius 2 is 1.43 bits per heavy atom. The Morgan fingerprint density at radius 3 is 2.04 bits per heavy atom. The maximum absolute atomic E-state index is 10.2. The molecule has 0 aliphatic carbocycles. The van der Waals surface area contributed by atoms with Gasteiger partial charge in [0.05, 0.1) is 18.3 Å². The van der Waals surface area contributed by atoms with Gasteiger partial charge in [0, 0.05) is 5.56 Å². The van der Waals surface area contributed by atoms with E-state index in [9.17, 15) is 5.11 Å². The fourth-order valence-corrected chi connectivity index (χ4v) is 2.21. The lowest BCUT2D eigenvalue weighted by atomic mass is 9.78. The van der Waals surface area contributed by atoms with Crippen LogP contribution in [0.1, 0.15) is 27.7 Å². The molecule has 23 heavy (non-hydrogen) atoms. The number of hydrogen-bond acceptors (Lipinski definition) is 3. The molecule has 122 valence electrons. The summed E-state index contributed by atoms with van der Waals surface area (Å²) in [4.78, 5) is 0. The molecular weight excluding hydrogens is 287 g/mol. The average Bonchev–Trinajstić information content (AvgIpc) is 2.52. The Labute approximate surface area is 139 Å². The van der Waals surface area contributed by atoms with E-state index in [4.69, 9.17) is 9.39 Å². The van der Waals surface area contributed by atoms with Crippen molar-refractivity contribution in [2.45, 2.75) is 38.9 Å². The lowest BCUT2D eigenvalue weighted by molar-refractivity contribution is -0.0893. The molecule has 2 rings (SSSR count). The molecule has 0 aromatic heterocycles. The zero-order valence-electron chi connectivity index (χ0n) is 14.6. The van der Waals surface area contributed by atoms with Crippen molar-refractivity contribution in [1.82, 2.24) is 0 Å². The number of benzene rings is 2. The highest BCUT2D eigenvalue weighted by Crippen LogP contribution is 2.29. The molecule has 1 N–H and O–H groups in total. The molecule has 0 bridgehead atoms. The first-order valence-corrected chi connectivity index (χ1v) is 7.84. The molecule has 0 unspecified atom stereocenters. The van der Waals surface area contributed by atoms with E-state index in [1.165, 1.54) is 0 Å². The number of hydrogen-bond donors (Lipinski definition) is 1. The summed E-state index contributed by atoms with van der Waals surface area (Å²) >= 11 is 0. The van der Waals surface area contributed by atoms with E-state index >= 15 is 0 Å². The smallest absolute Gasteiger partial charge is 0.310 e. The van der Waals surface area contributed by atoms with Gasteiger partial charge in [0.2, 0.25) is 0 Å². The van der Waals surface area contributed by atoms with Gasteiger partial charge in [0.1, 0.15) is 5.75 Å². The normalized spacial score (nSPS) is 12.1. The highest BCUT2D eigenvalue weighted by Gasteiger charge is 2.35. The van der Waals surface area contributed by atoms with Gasteiger partial charge in [-0.1, -0.05) is 42.5 Å². The molecule has 0 radical (unpaired) electrons. The summed E-state index contributed by atoms with van der Waals surface area (Å²) in [6.07, 6.45) is 0. The second-order valence-electron chi connectivity index (χ2n) is 6.72. The number of rotatable bonds is 6. The van der Waals surface area contributed by atoms with Crippen molar-refractivity contribution in [3.63, 3.8) is 0 Å². The van der Waals surface area contributed by atoms with Crippen molar-refractivity contribution < 1.29 is 14.5 Å². The second-order valence-corrected chi connectivity index (χ2v) is 6.72. The molecule has 4 heteroatoms. The first kappa shape index (κ1) is 17.6. The van der Waals surface area contributed by atoms with Crippen LogP contribution >= 0.6 is 0 Å². The Bertz CT molecular complexity index is 660. The summed E-state index contributed by atoms with van der Waals surface area (Å²) in [7, 11) is 2.10. The highest BCUT2D eigenvalue weighted by atomic mass is 16.5. The minimum Gasteiger partial charge on any atom is -0.496 e. The zero-order chi connectivity index (χ0) is 17.1. The van der Waals surface area contributed by atoms with Crippen LogP contribution in [0.5, 0.6) is 5.75 Å². The molecule has 0 saturated carbocycles. The molecule has 0 spiro atoms. The van der Waals surface area contributed by atoms with Crippen molar-refractivity contribution in [2.75, 3.05) is 7.11 Å². The van der Waals surface area contributed by atoms with Gasteiger partial charge in [0.15, 0.2) is 0 Å². The minimum absolute atomic E-state index is 0.422. The number of methoxy groups -OCH3 is 1. The molecule has 0 heterocycles. The topological polar surface area (TPSA) is 38.7 Å². The van der Waals surface area contributed by atoms with Crippen LogP contribution in [0.4, 0.5) is 0 Å². The molecule has 0 atom stereocenters. The first-order valence-electron chi connectivity index (χ1n) is 7.84. The Kier molecular flexibility index (Phi) is 5.17. The van der Waals surface area contributed by atoms with Crippen LogP contribution in [0, 0.1) is 0 Å². The third-order valence-corrected chi connectivity index (χ3v) is 4.48. The SMILES string of the molecule is COc1ccccc1-c1ccccc1BOC(C)(C)C(C)(C)O. The van der Waals surface area contributed by atoms with Gasteiger partial charge >= 0.3 is 7.48 Å². The van der Waals surface area contributed by atoms with Crippen molar-refractivity contribution in [3.05, 3.63) is 48.5 Å². The van der Waals surface area contributed by atoms with E-state index in [0.29, 0.717) is 7.48 Å². The Morgan fingerprint density at radius 1 is 0.870 bits per heavy atom. The monoisotopic (exact) mass is 312 g/mol. The van der Waals surface area contributed by atoms with E-state index in [1.807, 2.05) is 56.3 Å². The van der Waals surface area contributed by atoms with E-state index in [0.717, 1.165) is 22.3 Å². The molecular formula is C19H25BO3. The molecule has 0 aliphatic rings. The van der Waals surface area contributed by atoms with Gasteiger partial charge < -0.3 is 14.5 Å². The standard InChI is InChI=1S/C19H25BO3/c1-18(2,21)19(3,4)23-20-16-12-8-6-10-14(16)15-11-7-9-13-17(15)22-5/h6-13,20-21H,1-5H3. The van der Waals surface area contributed by atoms with E-state index in [2.05, 4.69) is 6.07 Å². The quantitative estimate of drug-likeness (QED) is 0.834. The van der Waals surface area contributed by atoms with Crippen molar-refractivity contribution in [3.8, 4) is 16.9 Å². The number of para-hydroxylation sites is 1. The summed E-state index contributed by atoms with van der Waals surface area (Å²) in [6, 6.07) is 16.1. The average molecular weight is 312 g/mol. The Hall–Kier alpha value is -1.78. The van der Waals surface area contributed by atoms with Crippen LogP contribution in [0.25, 0.3) is 11.1 Å². The molecule has 3 nitrogen and oxygen atoms in total. The summed E-state index contributed by atoms with van der Waals surface area (Å²) in [5, 5.41) is 10.2. The van der Waals surface area contributed by atoms with Crippen LogP contribution in [-0.2, 0) is 4.65 Å². The predicted molar refractivity (Wildman–Crippen MR) is 96.7 cm³/mol. The van der Waals surface area contributed by atoms with Gasteiger partial charge in [-0.3, -0.25) is 0 Å². The number of aliphatic hydroxyl groups is 1. The maximum Gasteiger partial charge on any atom is 0.310 e. The highest BCUT2D eigenvalue weighted by molar-refractivity contribution is 6.49. The van der Waals surface area contributed by atoms with E-state index < -0.39 is 11.2 Å². The summed E-state index contributed by atoms with van der Waals surface area (Å²) in [6.45, 7) is 7.33. The van der Waals surface area contributed by atoms with Gasteiger partial charge in [-0.05, 0) is 44.8 Å². The minimum atomic E-state index is -0.924. The summed E-state index contributed by atoms with van der Waals surface area (Å²) in [5.41, 5.74) is 1.61. The van der Waals surface area contributed by atoms with Crippen LogP contribution in [0.15, 0.2) is 48.5 Å². The van der Waals surface area contributed by atoms with Gasteiger partial charge in [-0.2, -0.15) is 0 Å². The van der Waals surface area contributed by atoms with Crippen LogP contribution < -0.4 is 10.2 Å². The zero-order valence-corrected chi connectivity index (χ0v) is 14.6. The lowest BCUT2D eigenvalue weighted by Gasteiger charge is -2.37. The van der Waals surface area contributed by atoms with Crippen molar-refractivity contribution >= 4 is 12.9 Å². The van der Waals surface area contributed by atoms with E-state index in [-0.39, 0.29) is 0 Å². The molecule has 0 fully saturated rings. The van der Waals surface area contributed by atoms with Gasteiger partial charge in [-0.25, -0.2) is 0 Å². The first-order chi connectivity index (χ1) is 10.8. The molecule has 0 amide bonds. The second kappa shape index (κ2) is 6.77. The van der Waals surface area contributed by atoms with Crippen LogP contribution in [0.3, 0.4) is 0 Å². The third-order valence-electron chi connectivity index (χ3n) is 4.48. The third kappa shape index (κ3) is 3.95. The fraction of sp³-hybridized carbons (Fsp3) is 0.368. The number of ether oxygens (including phenoxy) is 1. The molecule has 2 aromatic rings. The van der Waals surface area contributed by atoms with Crippen molar-refractivity contribution in [1.29, 1.82) is 0 Å². The summed E-state index contributed by atoms with van der Waals surface area (Å²) in [5.74, 6) is 0.835. The fourth-order valence-electron chi connectivity index (χ4n) is 2.21. The molecule has 2 aromatic carbocycles. The lowest BCUT2D eigenvalue weighted by Crippen LogP contribution is -2.49. The predicted octanol–water partition coefficient (Wildman–Crippen LogP) is 2.91. The van der Waals surface area contributed by atoms with Crippen molar-refractivity contribution in [2.24, 2.45) is 0 Å². The summed E-state index contributed by atoms with van der Waals surface area (Å²) < 4.78 is 11.5. The van der Waals surface area contributed by atoms with Gasteiger partial charge in [0.25, 0.3) is 0 Å². The van der Waals surface area contributed by atoms with Gasteiger partial charge in [-0.15, -0.1) is 0 Å². The van der Waals surface area contributed by atoms with E-state index in [1.54, 1.807) is 21.0 Å². The van der Waals surface area contributed by atoms with Crippen LogP contribution in [0.2, 0.25) is 0 Å². The largest absolute Gasteiger partial charge is 0.496 e. The molecule has 0 saturated heterocycles. The van der Waals surface area contributed by atoms with Crippen LogP contribution in [-0.4, -0.2) is 30.9 Å². The molecule has 0 aliphatic heterocycles. The maximum atomic E-state index is 10.2. The Balaban J connectivity index is 2.32.